The Labute approximate surface area is 118 Å². The number of esters is 1. The van der Waals surface area contributed by atoms with E-state index in [-0.39, 0.29) is 5.97 Å². The van der Waals surface area contributed by atoms with Crippen molar-refractivity contribution in [3.8, 4) is 0 Å². The first kappa shape index (κ1) is 12.7. The summed E-state index contributed by atoms with van der Waals surface area (Å²) in [7, 11) is 1.43. The maximum Gasteiger partial charge on any atom is 0.335 e. The van der Waals surface area contributed by atoms with E-state index in [0.717, 1.165) is 16.7 Å². The lowest BCUT2D eigenvalue weighted by Crippen LogP contribution is -2.28. The predicted molar refractivity (Wildman–Crippen MR) is 79.3 cm³/mol. The molecule has 0 saturated heterocycles. The second kappa shape index (κ2) is 4.64. The minimum atomic E-state index is -0.453. The highest BCUT2D eigenvalue weighted by atomic mass is 16.5. The fraction of sp³-hybridized carbons (Fsp3) is 0.167. The lowest BCUT2D eigenvalue weighted by atomic mass is 9.73. The fourth-order valence-corrected chi connectivity index (χ4v) is 2.98. The SMILES string of the molecule is COC(=O)C1=Cc2ccccc2[C@@]1(C)c1ccccc1. The Bertz CT molecular complexity index is 686. The molecule has 1 aliphatic carbocycles. The van der Waals surface area contributed by atoms with Crippen LogP contribution in [0.1, 0.15) is 23.6 Å². The number of carbonyl (C=O) groups excluding carboxylic acids is 1. The van der Waals surface area contributed by atoms with Crippen LogP contribution in [-0.4, -0.2) is 13.1 Å². The van der Waals surface area contributed by atoms with Crippen LogP contribution in [0.15, 0.2) is 60.2 Å². The van der Waals surface area contributed by atoms with Gasteiger partial charge in [-0.1, -0.05) is 54.6 Å². The first-order valence-electron chi connectivity index (χ1n) is 6.63. The van der Waals surface area contributed by atoms with Gasteiger partial charge in [-0.15, -0.1) is 0 Å². The van der Waals surface area contributed by atoms with Crippen molar-refractivity contribution >= 4 is 12.0 Å². The molecule has 2 aromatic rings. The van der Waals surface area contributed by atoms with Crippen molar-refractivity contribution in [3.63, 3.8) is 0 Å². The van der Waals surface area contributed by atoms with E-state index in [4.69, 9.17) is 4.74 Å². The molecule has 0 bridgehead atoms. The molecule has 2 heteroatoms. The number of rotatable bonds is 2. The van der Waals surface area contributed by atoms with Gasteiger partial charge in [0.05, 0.1) is 18.1 Å². The van der Waals surface area contributed by atoms with Gasteiger partial charge in [0.2, 0.25) is 0 Å². The first-order valence-corrected chi connectivity index (χ1v) is 6.63. The predicted octanol–water partition coefficient (Wildman–Crippen LogP) is 3.56. The highest BCUT2D eigenvalue weighted by Crippen LogP contribution is 2.46. The summed E-state index contributed by atoms with van der Waals surface area (Å²) < 4.78 is 4.98. The van der Waals surface area contributed by atoms with E-state index < -0.39 is 5.41 Å². The van der Waals surface area contributed by atoms with Gasteiger partial charge in [0.15, 0.2) is 0 Å². The van der Waals surface area contributed by atoms with Crippen LogP contribution in [0.25, 0.3) is 6.08 Å². The Morgan fingerprint density at radius 3 is 2.35 bits per heavy atom. The number of hydrogen-bond donors (Lipinski definition) is 0. The van der Waals surface area contributed by atoms with Crippen LogP contribution >= 0.6 is 0 Å². The van der Waals surface area contributed by atoms with Crippen LogP contribution in [0, 0.1) is 0 Å². The third-order valence-electron chi connectivity index (χ3n) is 4.09. The second-order valence-electron chi connectivity index (χ2n) is 5.13. The van der Waals surface area contributed by atoms with Crippen molar-refractivity contribution in [3.05, 3.63) is 76.9 Å². The molecule has 0 heterocycles. The summed E-state index contributed by atoms with van der Waals surface area (Å²) in [5, 5.41) is 0. The number of carbonyl (C=O) groups is 1. The zero-order chi connectivity index (χ0) is 14.2. The molecule has 0 aromatic heterocycles. The van der Waals surface area contributed by atoms with Gasteiger partial charge in [0, 0.05) is 0 Å². The van der Waals surface area contributed by atoms with Crippen LogP contribution in [0.5, 0.6) is 0 Å². The average molecular weight is 264 g/mol. The first-order chi connectivity index (χ1) is 9.67. The third-order valence-corrected chi connectivity index (χ3v) is 4.09. The molecule has 1 atom stereocenters. The van der Waals surface area contributed by atoms with Gasteiger partial charge >= 0.3 is 5.97 Å². The number of fused-ring (bicyclic) bond motifs is 1. The molecule has 0 spiro atoms. The van der Waals surface area contributed by atoms with Crippen molar-refractivity contribution in [2.24, 2.45) is 0 Å². The summed E-state index contributed by atoms with van der Waals surface area (Å²) in [5.41, 5.74) is 3.56. The summed E-state index contributed by atoms with van der Waals surface area (Å²) >= 11 is 0. The summed E-state index contributed by atoms with van der Waals surface area (Å²) in [6, 6.07) is 18.2. The van der Waals surface area contributed by atoms with Gasteiger partial charge in [-0.2, -0.15) is 0 Å². The Balaban J connectivity index is 2.25. The molecule has 20 heavy (non-hydrogen) atoms. The molecule has 0 radical (unpaired) electrons. The van der Waals surface area contributed by atoms with E-state index in [0.29, 0.717) is 5.57 Å². The average Bonchev–Trinajstić information content (AvgIpc) is 2.82. The monoisotopic (exact) mass is 264 g/mol. The maximum absolute atomic E-state index is 12.2. The summed E-state index contributed by atoms with van der Waals surface area (Å²) in [4.78, 5) is 12.2. The van der Waals surface area contributed by atoms with Crippen LogP contribution in [-0.2, 0) is 14.9 Å². The van der Waals surface area contributed by atoms with Gasteiger partial charge in [-0.25, -0.2) is 4.79 Å². The lowest BCUT2D eigenvalue weighted by Gasteiger charge is -2.29. The van der Waals surface area contributed by atoms with Crippen molar-refractivity contribution in [1.29, 1.82) is 0 Å². The second-order valence-corrected chi connectivity index (χ2v) is 5.13. The Morgan fingerprint density at radius 1 is 1.00 bits per heavy atom. The van der Waals surface area contributed by atoms with Crippen molar-refractivity contribution in [2.45, 2.75) is 12.3 Å². The molecule has 0 N–H and O–H groups in total. The van der Waals surface area contributed by atoms with Gasteiger partial charge in [-0.05, 0) is 29.7 Å². The molecule has 2 aromatic carbocycles. The number of hydrogen-bond acceptors (Lipinski definition) is 2. The highest BCUT2D eigenvalue weighted by molar-refractivity contribution is 6.00. The lowest BCUT2D eigenvalue weighted by molar-refractivity contribution is -0.136. The van der Waals surface area contributed by atoms with Gasteiger partial charge in [0.1, 0.15) is 0 Å². The fourth-order valence-electron chi connectivity index (χ4n) is 2.98. The van der Waals surface area contributed by atoms with E-state index in [9.17, 15) is 4.79 Å². The van der Waals surface area contributed by atoms with E-state index in [2.05, 4.69) is 25.1 Å². The van der Waals surface area contributed by atoms with E-state index in [1.165, 1.54) is 7.11 Å². The maximum atomic E-state index is 12.2. The Kier molecular flexibility index (Phi) is 2.94. The largest absolute Gasteiger partial charge is 0.466 e. The number of ether oxygens (including phenoxy) is 1. The van der Waals surface area contributed by atoms with Crippen LogP contribution in [0.4, 0.5) is 0 Å². The highest BCUT2D eigenvalue weighted by Gasteiger charge is 2.42. The Hall–Kier alpha value is -2.35. The van der Waals surface area contributed by atoms with Crippen molar-refractivity contribution < 1.29 is 9.53 Å². The number of methoxy groups -OCH3 is 1. The molecule has 0 unspecified atom stereocenters. The molecule has 100 valence electrons. The zero-order valence-corrected chi connectivity index (χ0v) is 11.6. The molecule has 0 fully saturated rings. The quantitative estimate of drug-likeness (QED) is 0.775. The summed E-state index contributed by atoms with van der Waals surface area (Å²) in [6.45, 7) is 2.08. The molecular weight excluding hydrogens is 248 g/mol. The third kappa shape index (κ3) is 1.68. The van der Waals surface area contributed by atoms with Crippen LogP contribution in [0.3, 0.4) is 0 Å². The zero-order valence-electron chi connectivity index (χ0n) is 11.6. The summed E-state index contributed by atoms with van der Waals surface area (Å²) in [6.07, 6.45) is 1.94. The van der Waals surface area contributed by atoms with Gasteiger partial charge in [0.25, 0.3) is 0 Å². The number of benzene rings is 2. The van der Waals surface area contributed by atoms with Crippen molar-refractivity contribution in [1.82, 2.24) is 0 Å². The van der Waals surface area contributed by atoms with Gasteiger partial charge < -0.3 is 4.74 Å². The molecule has 0 amide bonds. The molecule has 0 saturated carbocycles. The normalized spacial score (nSPS) is 20.2. The molecule has 2 nitrogen and oxygen atoms in total. The van der Waals surface area contributed by atoms with E-state index in [1.807, 2.05) is 42.5 Å². The smallest absolute Gasteiger partial charge is 0.335 e. The minimum Gasteiger partial charge on any atom is -0.466 e. The summed E-state index contributed by atoms with van der Waals surface area (Å²) in [5.74, 6) is -0.271. The van der Waals surface area contributed by atoms with Crippen molar-refractivity contribution in [2.75, 3.05) is 7.11 Å². The molecular formula is C18H16O2. The van der Waals surface area contributed by atoms with Crippen LogP contribution < -0.4 is 0 Å². The standard InChI is InChI=1S/C18H16O2/c1-18(14-9-4-3-5-10-14)15-11-7-6-8-13(15)12-16(18)17(19)20-2/h3-12H,1-2H3/t18-/m1/s1. The van der Waals surface area contributed by atoms with Crippen LogP contribution in [0.2, 0.25) is 0 Å². The van der Waals surface area contributed by atoms with E-state index in [1.54, 1.807) is 0 Å². The minimum absolute atomic E-state index is 0.271. The topological polar surface area (TPSA) is 26.3 Å². The molecule has 3 rings (SSSR count). The Morgan fingerprint density at radius 2 is 1.65 bits per heavy atom. The van der Waals surface area contributed by atoms with Gasteiger partial charge in [-0.3, -0.25) is 0 Å². The molecule has 1 aliphatic rings. The van der Waals surface area contributed by atoms with E-state index >= 15 is 0 Å². The molecule has 0 aliphatic heterocycles.